The number of nitrogens with two attached hydrogens (primary N) is 1. The van der Waals surface area contributed by atoms with Gasteiger partial charge in [0, 0.05) is 6.20 Å². The Kier molecular flexibility index (Phi) is 4.68. The molecule has 0 amide bonds. The fourth-order valence-corrected chi connectivity index (χ4v) is 1.37. The molecule has 1 aromatic rings. The van der Waals surface area contributed by atoms with Gasteiger partial charge in [0.1, 0.15) is 5.82 Å². The van der Waals surface area contributed by atoms with Gasteiger partial charge in [-0.15, -0.1) is 9.24 Å². The number of anilines is 1. The summed E-state index contributed by atoms with van der Waals surface area (Å²) in [5.41, 5.74) is 4.90. The molecule has 0 radical (unpaired) electrons. The van der Waals surface area contributed by atoms with Crippen LogP contribution in [-0.2, 0) is 11.3 Å². The van der Waals surface area contributed by atoms with Crippen LogP contribution >= 0.6 is 9.24 Å². The highest BCUT2D eigenvalue weighted by Gasteiger charge is 2.09. The third-order valence-electron chi connectivity index (χ3n) is 1.83. The number of hydrogen-bond donors (Lipinski definition) is 2. The Morgan fingerprint density at radius 3 is 3.00 bits per heavy atom. The van der Waals surface area contributed by atoms with E-state index < -0.39 is 11.8 Å². The van der Waals surface area contributed by atoms with Crippen LogP contribution in [0.15, 0.2) is 17.1 Å². The standard InChI is InChI=1S/C8H14N3O3P/c9-7-1-2-11(8(13)10-7)3-6(4-12)14-5-15/h1-2,6,12H,3-5,15H2,(H2,9,10,13). The van der Waals surface area contributed by atoms with Gasteiger partial charge in [0.15, 0.2) is 0 Å². The number of rotatable bonds is 5. The first kappa shape index (κ1) is 12.1. The van der Waals surface area contributed by atoms with Gasteiger partial charge in [-0.2, -0.15) is 4.98 Å². The second kappa shape index (κ2) is 5.80. The lowest BCUT2D eigenvalue weighted by atomic mass is 10.3. The minimum absolute atomic E-state index is 0.148. The molecule has 0 spiro atoms. The van der Waals surface area contributed by atoms with Crippen LogP contribution in [0.4, 0.5) is 5.82 Å². The highest BCUT2D eigenvalue weighted by atomic mass is 31.0. The number of aromatic nitrogens is 2. The summed E-state index contributed by atoms with van der Waals surface area (Å²) in [5.74, 6) is 0.184. The van der Waals surface area contributed by atoms with Crippen LogP contribution in [0.5, 0.6) is 0 Å². The number of aliphatic hydroxyl groups excluding tert-OH is 1. The highest BCUT2D eigenvalue weighted by Crippen LogP contribution is 1.98. The highest BCUT2D eigenvalue weighted by molar-refractivity contribution is 7.16. The van der Waals surface area contributed by atoms with Crippen LogP contribution in [0.25, 0.3) is 0 Å². The summed E-state index contributed by atoms with van der Waals surface area (Å²) in [7, 11) is 2.38. The van der Waals surface area contributed by atoms with Crippen molar-refractivity contribution >= 4 is 15.1 Å². The van der Waals surface area contributed by atoms with Gasteiger partial charge in [-0.3, -0.25) is 4.57 Å². The molecule has 0 aliphatic carbocycles. The van der Waals surface area contributed by atoms with Crippen molar-refractivity contribution in [2.75, 3.05) is 18.7 Å². The SMILES string of the molecule is Nc1ccn(CC(CO)OCP)c(=O)n1. The Hall–Kier alpha value is -0.970. The lowest BCUT2D eigenvalue weighted by Gasteiger charge is -2.14. The van der Waals surface area contributed by atoms with Crippen LogP contribution < -0.4 is 11.4 Å². The van der Waals surface area contributed by atoms with E-state index in [1.165, 1.54) is 16.8 Å². The minimum atomic E-state index is -0.444. The van der Waals surface area contributed by atoms with Crippen molar-refractivity contribution in [3.63, 3.8) is 0 Å². The van der Waals surface area contributed by atoms with E-state index in [0.717, 1.165) is 0 Å². The smallest absolute Gasteiger partial charge is 0.349 e. The molecule has 1 heterocycles. The second-order valence-electron chi connectivity index (χ2n) is 2.93. The predicted octanol–water partition coefficient (Wildman–Crippen LogP) is -0.964. The van der Waals surface area contributed by atoms with Crippen molar-refractivity contribution in [1.82, 2.24) is 9.55 Å². The molecule has 0 aliphatic rings. The maximum absolute atomic E-state index is 11.3. The minimum Gasteiger partial charge on any atom is -0.394 e. The van der Waals surface area contributed by atoms with Crippen molar-refractivity contribution in [2.45, 2.75) is 12.6 Å². The quantitative estimate of drug-likeness (QED) is 0.637. The van der Waals surface area contributed by atoms with Crippen LogP contribution in [-0.4, -0.2) is 33.7 Å². The normalized spacial score (nSPS) is 12.7. The number of hydrogen-bond acceptors (Lipinski definition) is 5. The van der Waals surface area contributed by atoms with Crippen LogP contribution in [0.1, 0.15) is 0 Å². The molecule has 0 saturated carbocycles. The van der Waals surface area contributed by atoms with Gasteiger partial charge in [-0.1, -0.05) is 0 Å². The van der Waals surface area contributed by atoms with E-state index in [0.29, 0.717) is 6.35 Å². The molecular formula is C8H14N3O3P. The first-order valence-electron chi connectivity index (χ1n) is 4.43. The molecule has 3 N–H and O–H groups in total. The fraction of sp³-hybridized carbons (Fsp3) is 0.500. The molecular weight excluding hydrogens is 217 g/mol. The summed E-state index contributed by atoms with van der Waals surface area (Å²) in [5, 5.41) is 8.97. The van der Waals surface area contributed by atoms with E-state index in [-0.39, 0.29) is 19.0 Å². The third-order valence-corrected chi connectivity index (χ3v) is 2.02. The van der Waals surface area contributed by atoms with Crippen molar-refractivity contribution in [2.24, 2.45) is 0 Å². The summed E-state index contributed by atoms with van der Waals surface area (Å²) in [6, 6.07) is 1.52. The Labute approximate surface area is 89.3 Å². The topological polar surface area (TPSA) is 90.4 Å². The summed E-state index contributed by atoms with van der Waals surface area (Å²) in [6.45, 7) is 0.113. The van der Waals surface area contributed by atoms with Gasteiger partial charge >= 0.3 is 5.69 Å². The van der Waals surface area contributed by atoms with Crippen molar-refractivity contribution in [1.29, 1.82) is 0 Å². The third kappa shape index (κ3) is 3.58. The molecule has 15 heavy (non-hydrogen) atoms. The zero-order valence-electron chi connectivity index (χ0n) is 8.17. The van der Waals surface area contributed by atoms with Crippen molar-refractivity contribution in [3.8, 4) is 0 Å². The summed E-state index contributed by atoms with van der Waals surface area (Å²) in [6.07, 6.45) is 1.52. The van der Waals surface area contributed by atoms with Gasteiger partial charge in [0.05, 0.1) is 25.6 Å². The fourth-order valence-electron chi connectivity index (χ4n) is 1.10. The van der Waals surface area contributed by atoms with E-state index in [4.69, 9.17) is 15.6 Å². The molecule has 0 fully saturated rings. The molecule has 7 heteroatoms. The van der Waals surface area contributed by atoms with Crippen molar-refractivity contribution in [3.05, 3.63) is 22.7 Å². The number of ether oxygens (including phenoxy) is 1. The van der Waals surface area contributed by atoms with E-state index in [2.05, 4.69) is 14.2 Å². The zero-order chi connectivity index (χ0) is 11.3. The molecule has 2 atom stereocenters. The molecule has 0 aliphatic heterocycles. The molecule has 1 aromatic heterocycles. The Morgan fingerprint density at radius 1 is 1.73 bits per heavy atom. The van der Waals surface area contributed by atoms with E-state index >= 15 is 0 Å². The average molecular weight is 231 g/mol. The summed E-state index contributed by atoms with van der Waals surface area (Å²) < 4.78 is 6.52. The van der Waals surface area contributed by atoms with E-state index in [1.807, 2.05) is 0 Å². The van der Waals surface area contributed by atoms with E-state index in [9.17, 15) is 4.79 Å². The molecule has 84 valence electrons. The monoisotopic (exact) mass is 231 g/mol. The number of aliphatic hydroxyl groups is 1. The first-order chi connectivity index (χ1) is 7.17. The van der Waals surface area contributed by atoms with Crippen LogP contribution in [0.3, 0.4) is 0 Å². The average Bonchev–Trinajstić information content (AvgIpc) is 2.21. The maximum atomic E-state index is 11.3. The predicted molar refractivity (Wildman–Crippen MR) is 59.4 cm³/mol. The second-order valence-corrected chi connectivity index (χ2v) is 3.26. The lowest BCUT2D eigenvalue weighted by Crippen LogP contribution is -2.31. The van der Waals surface area contributed by atoms with Gasteiger partial charge < -0.3 is 15.6 Å². The molecule has 6 nitrogen and oxygen atoms in total. The Bertz CT molecular complexity index is 368. The zero-order valence-corrected chi connectivity index (χ0v) is 9.32. The maximum Gasteiger partial charge on any atom is 0.349 e. The van der Waals surface area contributed by atoms with E-state index in [1.54, 1.807) is 0 Å². The number of nitrogens with zero attached hydrogens (tertiary/aromatic N) is 2. The van der Waals surface area contributed by atoms with Gasteiger partial charge in [-0.25, -0.2) is 4.79 Å². The Balaban J connectivity index is 2.75. The largest absolute Gasteiger partial charge is 0.394 e. The van der Waals surface area contributed by atoms with Crippen LogP contribution in [0, 0.1) is 0 Å². The number of nitrogen functional groups attached to an aromatic ring is 1. The molecule has 0 aromatic carbocycles. The van der Waals surface area contributed by atoms with Gasteiger partial charge in [0.25, 0.3) is 0 Å². The summed E-state index contributed by atoms with van der Waals surface area (Å²) >= 11 is 0. The molecule has 1 rings (SSSR count). The van der Waals surface area contributed by atoms with Gasteiger partial charge in [-0.05, 0) is 6.07 Å². The summed E-state index contributed by atoms with van der Waals surface area (Å²) in [4.78, 5) is 14.9. The Morgan fingerprint density at radius 2 is 2.47 bits per heavy atom. The molecule has 0 bridgehead atoms. The lowest BCUT2D eigenvalue weighted by molar-refractivity contribution is 0.0275. The molecule has 2 unspecified atom stereocenters. The van der Waals surface area contributed by atoms with Gasteiger partial charge in [0.2, 0.25) is 0 Å². The van der Waals surface area contributed by atoms with Crippen LogP contribution in [0.2, 0.25) is 0 Å². The first-order valence-corrected chi connectivity index (χ1v) is 5.24. The van der Waals surface area contributed by atoms with Crippen molar-refractivity contribution < 1.29 is 9.84 Å². The molecule has 0 saturated heterocycles.